The molecule has 1 aromatic heterocycles. The van der Waals surface area contributed by atoms with Crippen LogP contribution in [0.5, 0.6) is 0 Å². The van der Waals surface area contributed by atoms with E-state index in [2.05, 4.69) is 10.4 Å². The number of carbonyl (C=O) groups is 1. The van der Waals surface area contributed by atoms with E-state index in [0.29, 0.717) is 27.5 Å². The molecule has 1 aliphatic heterocycles. The van der Waals surface area contributed by atoms with Crippen molar-refractivity contribution >= 4 is 33.2 Å². The molecule has 6 nitrogen and oxygen atoms in total. The number of rotatable bonds is 3. The minimum absolute atomic E-state index is 0.198. The third-order valence-corrected chi connectivity index (χ3v) is 5.85. The van der Waals surface area contributed by atoms with Crippen molar-refractivity contribution in [2.45, 2.75) is 11.5 Å². The number of halogens is 2. The van der Waals surface area contributed by atoms with E-state index in [1.54, 1.807) is 18.2 Å². The highest BCUT2D eigenvalue weighted by Gasteiger charge is 2.33. The fourth-order valence-corrected chi connectivity index (χ4v) is 4.63. The Morgan fingerprint density at radius 1 is 1.15 bits per heavy atom. The van der Waals surface area contributed by atoms with Crippen molar-refractivity contribution in [1.29, 1.82) is 0 Å². The number of hydrogen-bond acceptors (Lipinski definition) is 4. The third-order valence-electron chi connectivity index (χ3n) is 4.18. The zero-order chi connectivity index (χ0) is 19.2. The van der Waals surface area contributed by atoms with Gasteiger partial charge in [0.2, 0.25) is 0 Å². The lowest BCUT2D eigenvalue weighted by Crippen LogP contribution is -2.17. The summed E-state index contributed by atoms with van der Waals surface area (Å²) in [6.07, 6.45) is 0. The summed E-state index contributed by atoms with van der Waals surface area (Å²) in [4.78, 5) is 12.6. The Kier molecular flexibility index (Phi) is 4.24. The zero-order valence-electron chi connectivity index (χ0n) is 13.8. The van der Waals surface area contributed by atoms with E-state index in [1.807, 2.05) is 0 Å². The Bertz CT molecular complexity index is 1160. The van der Waals surface area contributed by atoms with Crippen LogP contribution in [0.1, 0.15) is 21.6 Å². The molecule has 1 aliphatic rings. The smallest absolute Gasteiger partial charge is 0.256 e. The van der Waals surface area contributed by atoms with Crippen LogP contribution < -0.4 is 5.32 Å². The van der Waals surface area contributed by atoms with Crippen molar-refractivity contribution in [3.8, 4) is 5.69 Å². The maximum Gasteiger partial charge on any atom is 0.256 e. The van der Waals surface area contributed by atoms with E-state index >= 15 is 0 Å². The molecular weight excluding hydrogens is 393 g/mol. The number of benzene rings is 2. The first-order chi connectivity index (χ1) is 12.8. The molecule has 2 aromatic carbocycles. The van der Waals surface area contributed by atoms with Crippen molar-refractivity contribution in [1.82, 2.24) is 9.78 Å². The number of fused-ring (bicyclic) bond motifs is 1. The van der Waals surface area contributed by atoms with Crippen LogP contribution in [0, 0.1) is 5.82 Å². The number of amides is 1. The molecular formula is C18H13ClFN3O3S. The summed E-state index contributed by atoms with van der Waals surface area (Å²) in [6, 6.07) is 11.9. The molecule has 0 unspecified atom stereocenters. The lowest BCUT2D eigenvalue weighted by atomic mass is 10.2. The van der Waals surface area contributed by atoms with Crippen LogP contribution in [-0.2, 0) is 21.3 Å². The summed E-state index contributed by atoms with van der Waals surface area (Å²) < 4.78 is 38.6. The molecule has 0 spiro atoms. The molecule has 0 saturated carbocycles. The second-order valence-electron chi connectivity index (χ2n) is 6.16. The van der Waals surface area contributed by atoms with E-state index in [1.165, 1.54) is 35.0 Å². The number of carbonyl (C=O) groups excluding carboxylic acids is 1. The van der Waals surface area contributed by atoms with Crippen molar-refractivity contribution in [2.75, 3.05) is 5.32 Å². The second kappa shape index (κ2) is 6.47. The molecule has 1 amide bonds. The summed E-state index contributed by atoms with van der Waals surface area (Å²) in [6.45, 7) is 0. The summed E-state index contributed by atoms with van der Waals surface area (Å²) in [5.74, 6) is -1.02. The molecule has 1 N–H and O–H groups in total. The molecule has 0 radical (unpaired) electrons. The summed E-state index contributed by atoms with van der Waals surface area (Å²) in [7, 11) is -3.31. The lowest BCUT2D eigenvalue weighted by Gasteiger charge is -2.11. The Hall–Kier alpha value is -2.71. The number of nitrogens with zero attached hydrogens (tertiary/aromatic N) is 2. The van der Waals surface area contributed by atoms with Gasteiger partial charge in [-0.15, -0.1) is 0 Å². The maximum absolute atomic E-state index is 13.2. The van der Waals surface area contributed by atoms with Gasteiger partial charge >= 0.3 is 0 Å². The standard InChI is InChI=1S/C18H13ClFN3O3S/c19-12-3-1-2-11(8-12)18(24)21-17-15-9-27(25,26)10-16(15)22-23(17)14-6-4-13(20)5-7-14/h1-8H,9-10H2,(H,21,24). The normalized spacial score (nSPS) is 14.7. The minimum Gasteiger partial charge on any atom is -0.306 e. The van der Waals surface area contributed by atoms with Crippen molar-refractivity contribution in [3.63, 3.8) is 0 Å². The Morgan fingerprint density at radius 3 is 2.59 bits per heavy atom. The fraction of sp³-hybridized carbons (Fsp3) is 0.111. The van der Waals surface area contributed by atoms with Gasteiger partial charge in [-0.3, -0.25) is 4.79 Å². The first-order valence-corrected chi connectivity index (χ1v) is 10.2. The quantitative estimate of drug-likeness (QED) is 0.724. The van der Waals surface area contributed by atoms with E-state index in [-0.39, 0.29) is 17.3 Å². The Balaban J connectivity index is 1.78. The topological polar surface area (TPSA) is 81.1 Å². The first-order valence-electron chi connectivity index (χ1n) is 7.96. The van der Waals surface area contributed by atoms with Gasteiger partial charge in [-0.05, 0) is 42.5 Å². The summed E-state index contributed by atoms with van der Waals surface area (Å²) in [5.41, 5.74) is 1.64. The van der Waals surface area contributed by atoms with Crippen LogP contribution >= 0.6 is 11.6 Å². The van der Waals surface area contributed by atoms with Crippen molar-refractivity contribution < 1.29 is 17.6 Å². The lowest BCUT2D eigenvalue weighted by molar-refractivity contribution is 0.102. The van der Waals surface area contributed by atoms with Crippen LogP contribution in [0.25, 0.3) is 5.69 Å². The average molecular weight is 406 g/mol. The molecule has 0 bridgehead atoms. The number of sulfone groups is 1. The molecule has 0 atom stereocenters. The fourth-order valence-electron chi connectivity index (χ4n) is 2.95. The van der Waals surface area contributed by atoms with Gasteiger partial charge in [0.15, 0.2) is 9.84 Å². The van der Waals surface area contributed by atoms with Gasteiger partial charge in [-0.25, -0.2) is 17.5 Å². The van der Waals surface area contributed by atoms with Gasteiger partial charge in [0.05, 0.1) is 22.9 Å². The van der Waals surface area contributed by atoms with Crippen molar-refractivity contribution in [3.05, 3.63) is 76.2 Å². The largest absolute Gasteiger partial charge is 0.306 e. The Labute approximate surface area is 159 Å². The number of aromatic nitrogens is 2. The van der Waals surface area contributed by atoms with Gasteiger partial charge in [0.25, 0.3) is 5.91 Å². The van der Waals surface area contributed by atoms with Crippen LogP contribution in [0.4, 0.5) is 10.2 Å². The number of hydrogen-bond donors (Lipinski definition) is 1. The highest BCUT2D eigenvalue weighted by atomic mass is 35.5. The van der Waals surface area contributed by atoms with E-state index in [9.17, 15) is 17.6 Å². The maximum atomic E-state index is 13.2. The van der Waals surface area contributed by atoms with Gasteiger partial charge in [0.1, 0.15) is 11.6 Å². The van der Waals surface area contributed by atoms with Crippen LogP contribution in [0.2, 0.25) is 5.02 Å². The van der Waals surface area contributed by atoms with Gasteiger partial charge in [-0.2, -0.15) is 5.10 Å². The Morgan fingerprint density at radius 2 is 1.89 bits per heavy atom. The molecule has 138 valence electrons. The predicted molar refractivity (Wildman–Crippen MR) is 99.3 cm³/mol. The summed E-state index contributed by atoms with van der Waals surface area (Å²) in [5, 5.41) is 7.46. The zero-order valence-corrected chi connectivity index (χ0v) is 15.4. The summed E-state index contributed by atoms with van der Waals surface area (Å²) >= 11 is 5.93. The second-order valence-corrected chi connectivity index (χ2v) is 8.66. The first kappa shape index (κ1) is 17.7. The van der Waals surface area contributed by atoms with Crippen LogP contribution in [-0.4, -0.2) is 24.1 Å². The van der Waals surface area contributed by atoms with Gasteiger partial charge in [0, 0.05) is 16.1 Å². The molecule has 3 aromatic rings. The molecule has 2 heterocycles. The molecule has 9 heteroatoms. The third kappa shape index (κ3) is 3.45. The van der Waals surface area contributed by atoms with E-state index < -0.39 is 21.6 Å². The van der Waals surface area contributed by atoms with Gasteiger partial charge < -0.3 is 5.32 Å². The van der Waals surface area contributed by atoms with Crippen LogP contribution in [0.15, 0.2) is 48.5 Å². The molecule has 0 fully saturated rings. The van der Waals surface area contributed by atoms with Crippen molar-refractivity contribution in [2.24, 2.45) is 0 Å². The van der Waals surface area contributed by atoms with Crippen LogP contribution in [0.3, 0.4) is 0 Å². The molecule has 0 saturated heterocycles. The monoisotopic (exact) mass is 405 g/mol. The van der Waals surface area contributed by atoms with E-state index in [0.717, 1.165) is 0 Å². The molecule has 4 rings (SSSR count). The SMILES string of the molecule is O=C(Nc1c2c(nn1-c1ccc(F)cc1)CS(=O)(=O)C2)c1cccc(Cl)c1. The highest BCUT2D eigenvalue weighted by Crippen LogP contribution is 2.33. The highest BCUT2D eigenvalue weighted by molar-refractivity contribution is 7.90. The van der Waals surface area contributed by atoms with E-state index in [4.69, 9.17) is 11.6 Å². The van der Waals surface area contributed by atoms with Gasteiger partial charge in [-0.1, -0.05) is 17.7 Å². The molecule has 27 heavy (non-hydrogen) atoms. The minimum atomic E-state index is -3.31. The molecule has 0 aliphatic carbocycles. The number of anilines is 1. The predicted octanol–water partition coefficient (Wildman–Crippen LogP) is 3.35. The average Bonchev–Trinajstić information content (AvgIpc) is 3.08. The number of nitrogens with one attached hydrogen (secondary N) is 1.